The fourth-order valence-corrected chi connectivity index (χ4v) is 2.34. The van der Waals surface area contributed by atoms with E-state index in [4.69, 9.17) is 10.5 Å². The number of hydrogen-bond acceptors (Lipinski definition) is 4. The van der Waals surface area contributed by atoms with Gasteiger partial charge in [0.2, 0.25) is 0 Å². The standard InChI is InChI=1S/C19H15F4N3O2/c1-28-15-4-2-3-11(5-15)10-26-18(27)16(9-24)17(25)12-6-13(19(21,22)23)8-14(20)7-12/h2-8H,10,25H2,1H3,(H,26,27)/b17-16-. The Morgan fingerprint density at radius 3 is 2.57 bits per heavy atom. The number of rotatable bonds is 5. The first kappa shape index (κ1) is 20.8. The van der Waals surface area contributed by atoms with Gasteiger partial charge in [0.25, 0.3) is 5.91 Å². The minimum Gasteiger partial charge on any atom is -0.497 e. The summed E-state index contributed by atoms with van der Waals surface area (Å²) in [6, 6.07) is 9.89. The van der Waals surface area contributed by atoms with E-state index in [1.165, 1.54) is 7.11 Å². The average Bonchev–Trinajstić information content (AvgIpc) is 2.65. The van der Waals surface area contributed by atoms with Crippen molar-refractivity contribution in [3.8, 4) is 11.8 Å². The summed E-state index contributed by atoms with van der Waals surface area (Å²) in [6.45, 7) is 0.0193. The maximum Gasteiger partial charge on any atom is 0.416 e. The van der Waals surface area contributed by atoms with Crippen LogP contribution in [0, 0.1) is 17.1 Å². The molecule has 0 radical (unpaired) electrons. The molecule has 146 valence electrons. The van der Waals surface area contributed by atoms with Gasteiger partial charge in [0, 0.05) is 12.1 Å². The van der Waals surface area contributed by atoms with Crippen LogP contribution in [0.3, 0.4) is 0 Å². The summed E-state index contributed by atoms with van der Waals surface area (Å²) < 4.78 is 57.1. The predicted molar refractivity (Wildman–Crippen MR) is 93.0 cm³/mol. The van der Waals surface area contributed by atoms with Crippen molar-refractivity contribution in [2.24, 2.45) is 5.73 Å². The van der Waals surface area contributed by atoms with E-state index in [1.54, 1.807) is 30.3 Å². The number of methoxy groups -OCH3 is 1. The molecule has 0 saturated heterocycles. The van der Waals surface area contributed by atoms with Crippen LogP contribution in [0.5, 0.6) is 5.75 Å². The van der Waals surface area contributed by atoms with Crippen molar-refractivity contribution in [1.82, 2.24) is 5.32 Å². The summed E-state index contributed by atoms with van der Waals surface area (Å²) in [6.07, 6.45) is -4.81. The molecule has 28 heavy (non-hydrogen) atoms. The molecule has 0 spiro atoms. The molecule has 0 atom stereocenters. The first-order valence-corrected chi connectivity index (χ1v) is 7.85. The van der Waals surface area contributed by atoms with Crippen LogP contribution in [0.15, 0.2) is 48.0 Å². The molecule has 2 aromatic rings. The van der Waals surface area contributed by atoms with E-state index in [0.717, 1.165) is 6.07 Å². The van der Waals surface area contributed by atoms with Crippen molar-refractivity contribution >= 4 is 11.6 Å². The van der Waals surface area contributed by atoms with E-state index in [2.05, 4.69) is 5.32 Å². The van der Waals surface area contributed by atoms with Gasteiger partial charge in [-0.05, 0) is 35.9 Å². The zero-order valence-corrected chi connectivity index (χ0v) is 14.6. The number of nitriles is 1. The first-order chi connectivity index (χ1) is 13.2. The lowest BCUT2D eigenvalue weighted by Gasteiger charge is -2.11. The van der Waals surface area contributed by atoms with Crippen LogP contribution < -0.4 is 15.8 Å². The van der Waals surface area contributed by atoms with Crippen LogP contribution in [0.1, 0.15) is 16.7 Å². The van der Waals surface area contributed by atoms with Crippen molar-refractivity contribution in [2.45, 2.75) is 12.7 Å². The number of nitrogens with two attached hydrogens (primary N) is 1. The molecule has 1 amide bonds. The monoisotopic (exact) mass is 393 g/mol. The quantitative estimate of drug-likeness (QED) is 0.463. The van der Waals surface area contributed by atoms with E-state index in [1.807, 2.05) is 0 Å². The number of halogens is 4. The topological polar surface area (TPSA) is 88.1 Å². The molecule has 0 bridgehead atoms. The highest BCUT2D eigenvalue weighted by atomic mass is 19.4. The molecular weight excluding hydrogens is 378 g/mol. The van der Waals surface area contributed by atoms with Crippen LogP contribution in [-0.4, -0.2) is 13.0 Å². The Morgan fingerprint density at radius 1 is 1.25 bits per heavy atom. The van der Waals surface area contributed by atoms with Gasteiger partial charge in [-0.15, -0.1) is 0 Å². The van der Waals surface area contributed by atoms with Crippen molar-refractivity contribution < 1.29 is 27.1 Å². The van der Waals surface area contributed by atoms with Crippen LogP contribution in [0.25, 0.3) is 5.70 Å². The molecule has 5 nitrogen and oxygen atoms in total. The fourth-order valence-electron chi connectivity index (χ4n) is 2.34. The second-order valence-corrected chi connectivity index (χ2v) is 5.66. The second kappa shape index (κ2) is 8.43. The van der Waals surface area contributed by atoms with E-state index in [-0.39, 0.29) is 6.54 Å². The third-order valence-corrected chi connectivity index (χ3v) is 3.73. The molecule has 0 aliphatic rings. The molecule has 2 rings (SSSR count). The number of amides is 1. The number of carbonyl (C=O) groups is 1. The maximum absolute atomic E-state index is 13.6. The van der Waals surface area contributed by atoms with Crippen molar-refractivity contribution in [3.63, 3.8) is 0 Å². The van der Waals surface area contributed by atoms with Gasteiger partial charge in [-0.25, -0.2) is 4.39 Å². The number of benzene rings is 2. The molecular formula is C19H15F4N3O2. The average molecular weight is 393 g/mol. The molecule has 0 fully saturated rings. The third-order valence-electron chi connectivity index (χ3n) is 3.73. The Balaban J connectivity index is 2.29. The van der Waals surface area contributed by atoms with Crippen LogP contribution in [0.2, 0.25) is 0 Å². The van der Waals surface area contributed by atoms with Gasteiger partial charge in [0.1, 0.15) is 23.2 Å². The first-order valence-electron chi connectivity index (χ1n) is 7.85. The summed E-state index contributed by atoms with van der Waals surface area (Å²) in [5, 5.41) is 11.7. The van der Waals surface area contributed by atoms with Crippen LogP contribution in [0.4, 0.5) is 17.6 Å². The van der Waals surface area contributed by atoms with Crippen LogP contribution in [-0.2, 0) is 17.5 Å². The lowest BCUT2D eigenvalue weighted by Crippen LogP contribution is -2.26. The second-order valence-electron chi connectivity index (χ2n) is 5.66. The zero-order chi connectivity index (χ0) is 20.9. The zero-order valence-electron chi connectivity index (χ0n) is 14.6. The van der Waals surface area contributed by atoms with Crippen molar-refractivity contribution in [3.05, 3.63) is 70.5 Å². The molecule has 0 saturated carbocycles. The summed E-state index contributed by atoms with van der Waals surface area (Å²) >= 11 is 0. The van der Waals surface area contributed by atoms with Crippen molar-refractivity contribution in [2.75, 3.05) is 7.11 Å². The highest BCUT2D eigenvalue weighted by Crippen LogP contribution is 2.31. The predicted octanol–water partition coefficient (Wildman–Crippen LogP) is 3.36. The number of hydrogen-bond donors (Lipinski definition) is 2. The maximum atomic E-state index is 13.6. The Hall–Kier alpha value is -3.54. The normalized spacial score (nSPS) is 12.0. The molecule has 0 aromatic heterocycles. The molecule has 0 aliphatic heterocycles. The van der Waals surface area contributed by atoms with Gasteiger partial charge in [-0.2, -0.15) is 18.4 Å². The molecule has 0 aliphatic carbocycles. The number of nitrogens with one attached hydrogen (secondary N) is 1. The lowest BCUT2D eigenvalue weighted by atomic mass is 10.0. The summed E-state index contributed by atoms with van der Waals surface area (Å²) in [4.78, 5) is 12.3. The molecule has 2 aromatic carbocycles. The van der Waals surface area contributed by atoms with Gasteiger partial charge in [-0.1, -0.05) is 12.1 Å². The number of ether oxygens (including phenoxy) is 1. The van der Waals surface area contributed by atoms with Crippen molar-refractivity contribution in [1.29, 1.82) is 5.26 Å². The Kier molecular flexibility index (Phi) is 6.26. The molecule has 9 heteroatoms. The van der Waals surface area contributed by atoms with Gasteiger partial charge < -0.3 is 15.8 Å². The minimum atomic E-state index is -4.81. The Labute approximate surface area is 158 Å². The largest absolute Gasteiger partial charge is 0.497 e. The smallest absolute Gasteiger partial charge is 0.416 e. The molecule has 0 heterocycles. The van der Waals surface area contributed by atoms with E-state index in [9.17, 15) is 27.6 Å². The summed E-state index contributed by atoms with van der Waals surface area (Å²) in [5.41, 5.74) is 3.47. The van der Waals surface area contributed by atoms with Gasteiger partial charge in [-0.3, -0.25) is 4.79 Å². The Morgan fingerprint density at radius 2 is 1.96 bits per heavy atom. The van der Waals surface area contributed by atoms with Gasteiger partial charge >= 0.3 is 6.18 Å². The van der Waals surface area contributed by atoms with Gasteiger partial charge in [0.05, 0.1) is 18.4 Å². The van der Waals surface area contributed by atoms with E-state index >= 15 is 0 Å². The highest BCUT2D eigenvalue weighted by Gasteiger charge is 2.32. The number of nitrogens with zero attached hydrogens (tertiary/aromatic N) is 1. The fraction of sp³-hybridized carbons (Fsp3) is 0.158. The number of carbonyl (C=O) groups excluding carboxylic acids is 1. The molecule has 3 N–H and O–H groups in total. The Bertz CT molecular complexity index is 962. The van der Waals surface area contributed by atoms with Gasteiger partial charge in [0.15, 0.2) is 0 Å². The summed E-state index contributed by atoms with van der Waals surface area (Å²) in [5.74, 6) is -1.54. The van der Waals surface area contributed by atoms with E-state index < -0.39 is 40.3 Å². The highest BCUT2D eigenvalue weighted by molar-refractivity contribution is 6.04. The van der Waals surface area contributed by atoms with E-state index in [0.29, 0.717) is 23.4 Å². The minimum absolute atomic E-state index is 0.0193. The van der Waals surface area contributed by atoms with Crippen LogP contribution >= 0.6 is 0 Å². The number of alkyl halides is 3. The summed E-state index contributed by atoms with van der Waals surface area (Å²) in [7, 11) is 1.48. The lowest BCUT2D eigenvalue weighted by molar-refractivity contribution is -0.137. The SMILES string of the molecule is COc1cccc(CNC(=O)/C(C#N)=C(\N)c2cc(F)cc(C(F)(F)F)c2)c1. The third kappa shape index (κ3) is 5.01. The molecule has 0 unspecified atom stereocenters.